The Balaban J connectivity index is 0. The summed E-state index contributed by atoms with van der Waals surface area (Å²) in [4.78, 5) is 37.2. The van der Waals surface area contributed by atoms with Crippen molar-refractivity contribution in [3.8, 4) is 17.2 Å². The van der Waals surface area contributed by atoms with E-state index < -0.39 is 81.8 Å². The maximum atomic E-state index is 12.8. The fourth-order valence-corrected chi connectivity index (χ4v) is 2.97. The van der Waals surface area contributed by atoms with Gasteiger partial charge >= 0.3 is 33.1 Å². The second-order valence-electron chi connectivity index (χ2n) is 7.66. The zero-order chi connectivity index (χ0) is 36.8. The van der Waals surface area contributed by atoms with Gasteiger partial charge in [-0.2, -0.15) is 8.42 Å². The molecule has 0 bridgehead atoms. The summed E-state index contributed by atoms with van der Waals surface area (Å²) in [5, 5.41) is 50.3. The summed E-state index contributed by atoms with van der Waals surface area (Å²) in [6.07, 6.45) is 0. The largest absolute Gasteiger partial charge is 0.497 e. The number of nitrogens with two attached hydrogens (primary N) is 2. The van der Waals surface area contributed by atoms with Crippen LogP contribution in [0, 0.1) is 57.9 Å². The van der Waals surface area contributed by atoms with E-state index >= 15 is 0 Å². The highest BCUT2D eigenvalue weighted by molar-refractivity contribution is 7.81. The van der Waals surface area contributed by atoms with Crippen LogP contribution in [0.3, 0.4) is 0 Å². The number of nitrogens with zero attached hydrogens (tertiary/aromatic N) is 4. The van der Waals surface area contributed by atoms with Gasteiger partial charge in [-0.3, -0.25) is 48.8 Å². The van der Waals surface area contributed by atoms with Gasteiger partial charge in [0.05, 0.1) is 83.8 Å². The van der Waals surface area contributed by atoms with Gasteiger partial charge in [0.25, 0.3) is 11.5 Å². The number of nitro benzene ring substituents is 4. The van der Waals surface area contributed by atoms with E-state index in [1.165, 1.54) is 7.11 Å². The number of benzene rings is 3. The van der Waals surface area contributed by atoms with Gasteiger partial charge in [0.2, 0.25) is 0 Å². The van der Waals surface area contributed by atoms with Crippen molar-refractivity contribution in [2.45, 2.75) is 0 Å². The van der Waals surface area contributed by atoms with Gasteiger partial charge in [-0.25, -0.2) is 13.2 Å². The molecule has 0 aromatic heterocycles. The molecule has 0 saturated carbocycles. The Morgan fingerprint density at radius 3 is 1.13 bits per heavy atom. The summed E-state index contributed by atoms with van der Waals surface area (Å²) < 4.78 is 74.8. The number of ether oxygens (including phenoxy) is 2. The molecule has 260 valence electrons. The predicted molar refractivity (Wildman–Crippen MR) is 154 cm³/mol. The molecular formula is C22H25F3N6O15S. The normalized spacial score (nSPS) is 10.0. The van der Waals surface area contributed by atoms with Crippen LogP contribution in [0.2, 0.25) is 0 Å². The third-order valence-electron chi connectivity index (χ3n) is 4.76. The Hall–Kier alpha value is -6.08. The minimum absolute atomic E-state index is 0. The molecular weight excluding hydrogens is 677 g/mol. The smallest absolute Gasteiger partial charge is 0.399 e. The molecule has 0 aliphatic heterocycles. The molecule has 47 heavy (non-hydrogen) atoms. The lowest BCUT2D eigenvalue weighted by atomic mass is 10.2. The highest BCUT2D eigenvalue weighted by Gasteiger charge is 2.28. The quantitative estimate of drug-likeness (QED) is 0.171. The maximum Gasteiger partial charge on any atom is 0.399 e. The molecule has 0 saturated heterocycles. The first-order valence-corrected chi connectivity index (χ1v) is 12.7. The van der Waals surface area contributed by atoms with E-state index in [1.807, 2.05) is 0 Å². The van der Waals surface area contributed by atoms with Crippen molar-refractivity contribution < 1.29 is 65.7 Å². The van der Waals surface area contributed by atoms with E-state index in [4.69, 9.17) is 21.3 Å². The summed E-state index contributed by atoms with van der Waals surface area (Å²) in [5.41, 5.74) is 7.59. The Morgan fingerprint density at radius 1 is 0.617 bits per heavy atom. The molecule has 25 heteroatoms. The van der Waals surface area contributed by atoms with Crippen molar-refractivity contribution in [1.29, 1.82) is 0 Å². The van der Waals surface area contributed by atoms with Gasteiger partial charge in [-0.05, 0) is 0 Å². The van der Waals surface area contributed by atoms with Crippen LogP contribution in [0.4, 0.5) is 47.3 Å². The molecule has 0 aliphatic rings. The Labute approximate surface area is 262 Å². The molecule has 3 rings (SSSR count). The molecule has 0 fully saturated rings. The Bertz CT molecular complexity index is 1650. The average molecular weight is 703 g/mol. The number of nitrogen functional groups attached to an aromatic ring is 2. The lowest BCUT2D eigenvalue weighted by Crippen LogP contribution is -2.02. The lowest BCUT2D eigenvalue weighted by molar-refractivity contribution is -0.396. The average Bonchev–Trinajstić information content (AvgIpc) is 2.98. The van der Waals surface area contributed by atoms with Gasteiger partial charge < -0.3 is 26.0 Å². The highest BCUT2D eigenvalue weighted by atomic mass is 32.3. The molecule has 21 nitrogen and oxygen atoms in total. The Morgan fingerprint density at radius 2 is 0.894 bits per heavy atom. The number of hydrogen-bond acceptors (Lipinski definition) is 17. The summed E-state index contributed by atoms with van der Waals surface area (Å²) >= 11 is 0. The minimum atomic E-state index is -3.66. The molecule has 0 aliphatic carbocycles. The molecule has 0 radical (unpaired) electrons. The third-order valence-corrected chi connectivity index (χ3v) is 5.58. The minimum Gasteiger partial charge on any atom is -0.497 e. The number of phenols is 1. The number of anilines is 2. The first-order valence-electron chi connectivity index (χ1n) is 11.4. The van der Waals surface area contributed by atoms with Gasteiger partial charge in [-0.1, -0.05) is 0 Å². The maximum absolute atomic E-state index is 12.8. The van der Waals surface area contributed by atoms with Crippen LogP contribution in [0.1, 0.15) is 1.43 Å². The molecule has 0 spiro atoms. The molecule has 5 N–H and O–H groups in total. The summed E-state index contributed by atoms with van der Waals surface area (Å²) in [6, 6.07) is 4.26. The molecule has 3 aromatic carbocycles. The SMILES string of the molecule is COS(=O)(=O)OC.COc1c(N)cc(F)cc1N.COc1c([N+](=O)[O-])cc(F)cc1[N+](=O)[O-].O=[N+]([O-])c1cc(F)cc([N+](=O)[O-])c1O.[HH]. The van der Waals surface area contributed by atoms with Gasteiger partial charge in [-0.15, -0.1) is 0 Å². The van der Waals surface area contributed by atoms with Crippen molar-refractivity contribution in [3.05, 3.63) is 94.3 Å². The van der Waals surface area contributed by atoms with Crippen LogP contribution in [0.25, 0.3) is 0 Å². The molecule has 3 aromatic rings. The summed E-state index contributed by atoms with van der Waals surface area (Å²) in [7, 11) is 0.861. The second kappa shape index (κ2) is 18.0. The Kier molecular flexibility index (Phi) is 15.7. The van der Waals surface area contributed by atoms with Crippen molar-refractivity contribution in [3.63, 3.8) is 0 Å². The molecule has 0 unspecified atom stereocenters. The highest BCUT2D eigenvalue weighted by Crippen LogP contribution is 2.37. The third kappa shape index (κ3) is 12.4. The first-order chi connectivity index (χ1) is 21.7. The zero-order valence-corrected chi connectivity index (χ0v) is 24.9. The first kappa shape index (κ1) is 40.9. The molecule has 0 atom stereocenters. The van der Waals surface area contributed by atoms with Crippen molar-refractivity contribution in [2.24, 2.45) is 0 Å². The topological polar surface area (TPSA) is 316 Å². The van der Waals surface area contributed by atoms with E-state index in [-0.39, 0.29) is 12.8 Å². The van der Waals surface area contributed by atoms with Crippen LogP contribution < -0.4 is 20.9 Å². The number of halogens is 3. The van der Waals surface area contributed by atoms with E-state index in [9.17, 15) is 62.0 Å². The predicted octanol–water partition coefficient (Wildman–Crippen LogP) is 3.77. The number of hydrogen-bond donors (Lipinski definition) is 3. The summed E-state index contributed by atoms with van der Waals surface area (Å²) in [6.45, 7) is 0. The van der Waals surface area contributed by atoms with Gasteiger partial charge in [0, 0.05) is 13.6 Å². The second-order valence-corrected chi connectivity index (χ2v) is 9.14. The van der Waals surface area contributed by atoms with Crippen molar-refractivity contribution in [2.75, 3.05) is 39.9 Å². The van der Waals surface area contributed by atoms with E-state index in [0.717, 1.165) is 33.5 Å². The standard InChI is InChI=1S/C7H5FN2O5.C7H9FN2O.C6H3FN2O5.C2H6O4S.H2/c1-15-7-5(9(11)12)2-4(8)3-6(7)10(13)14;1-11-7-5(9)2-4(8)3-6(7)10;7-3-1-4(8(11)12)6(10)5(2-3)9(13)14;1-5-7(3,4)6-2;/h2-3H,1H3;2-3H,9-10H2,1H3;1-2,10H;1-2H3;1H. The van der Waals surface area contributed by atoms with Crippen molar-refractivity contribution in [1.82, 2.24) is 0 Å². The van der Waals surface area contributed by atoms with E-state index in [0.29, 0.717) is 30.0 Å². The lowest BCUT2D eigenvalue weighted by Gasteiger charge is -2.06. The van der Waals surface area contributed by atoms with Crippen LogP contribution >= 0.6 is 0 Å². The van der Waals surface area contributed by atoms with E-state index in [2.05, 4.69) is 13.1 Å². The number of nitro groups is 4. The number of phenolic OH excluding ortho intramolecular Hbond substituents is 1. The van der Waals surface area contributed by atoms with Crippen molar-refractivity contribution >= 4 is 44.5 Å². The fourth-order valence-electron chi connectivity index (χ4n) is 2.84. The van der Waals surface area contributed by atoms with Crippen LogP contribution in [0.15, 0.2) is 36.4 Å². The number of methoxy groups -OCH3 is 2. The monoisotopic (exact) mass is 702 g/mol. The van der Waals surface area contributed by atoms with Gasteiger partial charge in [0.1, 0.15) is 17.5 Å². The van der Waals surface area contributed by atoms with Crippen LogP contribution in [0.5, 0.6) is 17.2 Å². The fraction of sp³-hybridized carbons (Fsp3) is 0.182. The van der Waals surface area contributed by atoms with E-state index in [1.54, 1.807) is 0 Å². The molecule has 0 amide bonds. The number of aromatic hydroxyl groups is 1. The summed E-state index contributed by atoms with van der Waals surface area (Å²) in [5.74, 6) is -4.06. The number of rotatable bonds is 8. The zero-order valence-electron chi connectivity index (χ0n) is 24.1. The van der Waals surface area contributed by atoms with Crippen LogP contribution in [-0.2, 0) is 18.8 Å². The van der Waals surface area contributed by atoms with Gasteiger partial charge in [0.15, 0.2) is 5.75 Å². The van der Waals surface area contributed by atoms with Crippen LogP contribution in [-0.4, -0.2) is 61.7 Å². The molecule has 0 heterocycles.